The molecule has 3 aromatic rings. The van der Waals surface area contributed by atoms with Crippen LogP contribution in [0.1, 0.15) is 36.1 Å². The van der Waals surface area contributed by atoms with Gasteiger partial charge < -0.3 is 10.1 Å². The molecule has 30 heavy (non-hydrogen) atoms. The highest BCUT2D eigenvalue weighted by Gasteiger charge is 2.16. The minimum atomic E-state index is -3.78. The number of carbonyl (C=O) groups is 1. The number of hydrogen-bond donors (Lipinski definition) is 2. The zero-order valence-corrected chi connectivity index (χ0v) is 17.7. The fourth-order valence-corrected chi connectivity index (χ4v) is 3.81. The third-order valence-corrected chi connectivity index (χ3v) is 5.71. The topological polar surface area (TPSA) is 115 Å². The Bertz CT molecular complexity index is 1110. The van der Waals surface area contributed by atoms with Crippen LogP contribution in [0.15, 0.2) is 59.8 Å². The van der Waals surface area contributed by atoms with E-state index in [1.165, 1.54) is 37.7 Å². The summed E-state index contributed by atoms with van der Waals surface area (Å²) in [6, 6.07) is 12.4. The zero-order valence-electron chi connectivity index (χ0n) is 16.9. The van der Waals surface area contributed by atoms with Gasteiger partial charge in [0.1, 0.15) is 17.9 Å². The average Bonchev–Trinajstić information content (AvgIpc) is 3.21. The molecule has 2 aromatic carbocycles. The van der Waals surface area contributed by atoms with Crippen molar-refractivity contribution in [2.24, 2.45) is 0 Å². The minimum absolute atomic E-state index is 0.0504. The summed E-state index contributed by atoms with van der Waals surface area (Å²) in [6.45, 7) is 4.16. The van der Waals surface area contributed by atoms with Gasteiger partial charge in [0.2, 0.25) is 0 Å². The first-order valence-electron chi connectivity index (χ1n) is 9.23. The predicted molar refractivity (Wildman–Crippen MR) is 112 cm³/mol. The molecule has 0 radical (unpaired) electrons. The van der Waals surface area contributed by atoms with Crippen molar-refractivity contribution in [2.45, 2.75) is 31.3 Å². The monoisotopic (exact) mass is 429 g/mol. The van der Waals surface area contributed by atoms with Crippen molar-refractivity contribution >= 4 is 21.6 Å². The molecule has 0 aliphatic heterocycles. The quantitative estimate of drug-likeness (QED) is 0.569. The van der Waals surface area contributed by atoms with Gasteiger partial charge in [0.25, 0.3) is 15.9 Å². The molecular weight excluding hydrogens is 406 g/mol. The standard InChI is InChI=1S/C20H23N5O4S/c1-14(2)25-19(22-13-23-25)12-21-20(26)15-4-10-18(11-5-15)30(27,28)24-16-6-8-17(29-3)9-7-16/h4-11,13-14,24H,12H2,1-3H3,(H,21,26). The van der Waals surface area contributed by atoms with Crippen LogP contribution in [0, 0.1) is 0 Å². The first-order valence-corrected chi connectivity index (χ1v) is 10.7. The summed E-state index contributed by atoms with van der Waals surface area (Å²) in [6.07, 6.45) is 1.44. The molecular formula is C20H23N5O4S. The second kappa shape index (κ2) is 8.95. The fraction of sp³-hybridized carbons (Fsp3) is 0.250. The SMILES string of the molecule is COc1ccc(NS(=O)(=O)c2ccc(C(=O)NCc3ncnn3C(C)C)cc2)cc1. The first-order chi connectivity index (χ1) is 14.3. The Hall–Kier alpha value is -3.40. The largest absolute Gasteiger partial charge is 0.497 e. The highest BCUT2D eigenvalue weighted by molar-refractivity contribution is 7.92. The lowest BCUT2D eigenvalue weighted by atomic mass is 10.2. The molecule has 0 fully saturated rings. The molecule has 1 amide bonds. The smallest absolute Gasteiger partial charge is 0.261 e. The number of hydrogen-bond acceptors (Lipinski definition) is 6. The van der Waals surface area contributed by atoms with Gasteiger partial charge in [-0.1, -0.05) is 0 Å². The Morgan fingerprint density at radius 3 is 2.37 bits per heavy atom. The molecule has 0 saturated heterocycles. The lowest BCUT2D eigenvalue weighted by molar-refractivity contribution is 0.0949. The van der Waals surface area contributed by atoms with Gasteiger partial charge in [0.05, 0.1) is 18.6 Å². The number of amides is 1. The van der Waals surface area contributed by atoms with E-state index in [1.54, 1.807) is 28.9 Å². The van der Waals surface area contributed by atoms with E-state index in [4.69, 9.17) is 4.74 Å². The number of methoxy groups -OCH3 is 1. The van der Waals surface area contributed by atoms with Gasteiger partial charge in [-0.2, -0.15) is 5.10 Å². The van der Waals surface area contributed by atoms with Gasteiger partial charge in [-0.05, 0) is 62.4 Å². The highest BCUT2D eigenvalue weighted by atomic mass is 32.2. The van der Waals surface area contributed by atoms with Crippen molar-refractivity contribution in [3.63, 3.8) is 0 Å². The number of carbonyl (C=O) groups excluding carboxylic acids is 1. The maximum Gasteiger partial charge on any atom is 0.261 e. The van der Waals surface area contributed by atoms with Crippen molar-refractivity contribution in [3.8, 4) is 5.75 Å². The third kappa shape index (κ3) is 4.95. The molecule has 1 aromatic heterocycles. The van der Waals surface area contributed by atoms with E-state index in [2.05, 4.69) is 20.1 Å². The lowest BCUT2D eigenvalue weighted by Crippen LogP contribution is -2.25. The number of sulfonamides is 1. The van der Waals surface area contributed by atoms with E-state index in [9.17, 15) is 13.2 Å². The molecule has 0 saturated carbocycles. The van der Waals surface area contributed by atoms with Crippen LogP contribution in [-0.2, 0) is 16.6 Å². The molecule has 158 valence electrons. The van der Waals surface area contributed by atoms with Crippen LogP contribution >= 0.6 is 0 Å². The number of aromatic nitrogens is 3. The van der Waals surface area contributed by atoms with Crippen LogP contribution in [0.5, 0.6) is 5.75 Å². The highest BCUT2D eigenvalue weighted by Crippen LogP contribution is 2.19. The Labute approximate surface area is 175 Å². The average molecular weight is 430 g/mol. The Kier molecular flexibility index (Phi) is 6.36. The van der Waals surface area contributed by atoms with E-state index < -0.39 is 10.0 Å². The van der Waals surface area contributed by atoms with E-state index in [-0.39, 0.29) is 23.4 Å². The minimum Gasteiger partial charge on any atom is -0.497 e. The summed E-state index contributed by atoms with van der Waals surface area (Å²) in [5, 5.41) is 6.89. The van der Waals surface area contributed by atoms with Gasteiger partial charge in [0.15, 0.2) is 0 Å². The maximum atomic E-state index is 12.6. The first kappa shape index (κ1) is 21.3. The number of anilines is 1. The number of nitrogens with zero attached hydrogens (tertiary/aromatic N) is 3. The summed E-state index contributed by atoms with van der Waals surface area (Å²) in [4.78, 5) is 16.6. The summed E-state index contributed by atoms with van der Waals surface area (Å²) in [5.74, 6) is 0.932. The molecule has 0 bridgehead atoms. The van der Waals surface area contributed by atoms with E-state index in [0.29, 0.717) is 22.8 Å². The van der Waals surface area contributed by atoms with Gasteiger partial charge in [-0.25, -0.2) is 18.1 Å². The molecule has 10 heteroatoms. The number of benzene rings is 2. The van der Waals surface area contributed by atoms with Crippen LogP contribution in [-0.4, -0.2) is 36.2 Å². The van der Waals surface area contributed by atoms with Crippen molar-refractivity contribution in [1.82, 2.24) is 20.1 Å². The summed E-state index contributed by atoms with van der Waals surface area (Å²) < 4.78 is 34.4. The molecule has 0 atom stereocenters. The third-order valence-electron chi connectivity index (χ3n) is 4.31. The molecule has 3 rings (SSSR count). The van der Waals surface area contributed by atoms with Crippen molar-refractivity contribution in [2.75, 3.05) is 11.8 Å². The van der Waals surface area contributed by atoms with Crippen molar-refractivity contribution < 1.29 is 17.9 Å². The van der Waals surface area contributed by atoms with Crippen LogP contribution in [0.2, 0.25) is 0 Å². The van der Waals surface area contributed by atoms with Crippen LogP contribution in [0.4, 0.5) is 5.69 Å². The molecule has 0 spiro atoms. The Morgan fingerprint density at radius 1 is 1.10 bits per heavy atom. The van der Waals surface area contributed by atoms with Gasteiger partial charge in [0, 0.05) is 17.3 Å². The van der Waals surface area contributed by atoms with Gasteiger partial charge >= 0.3 is 0 Å². The molecule has 2 N–H and O–H groups in total. The van der Waals surface area contributed by atoms with Crippen molar-refractivity contribution in [1.29, 1.82) is 0 Å². The summed E-state index contributed by atoms with van der Waals surface area (Å²) >= 11 is 0. The molecule has 1 heterocycles. The second-order valence-corrected chi connectivity index (χ2v) is 8.44. The normalized spacial score (nSPS) is 11.3. The van der Waals surface area contributed by atoms with E-state index in [1.807, 2.05) is 13.8 Å². The summed E-state index contributed by atoms with van der Waals surface area (Å²) in [7, 11) is -2.25. The molecule has 0 unspecified atom stereocenters. The molecule has 9 nitrogen and oxygen atoms in total. The van der Waals surface area contributed by atoms with E-state index in [0.717, 1.165) is 0 Å². The van der Waals surface area contributed by atoms with Gasteiger partial charge in [-0.15, -0.1) is 0 Å². The lowest BCUT2D eigenvalue weighted by Gasteiger charge is -2.11. The zero-order chi connectivity index (χ0) is 21.7. The Balaban J connectivity index is 1.65. The maximum absolute atomic E-state index is 12.6. The second-order valence-electron chi connectivity index (χ2n) is 6.76. The Morgan fingerprint density at radius 2 is 1.77 bits per heavy atom. The van der Waals surface area contributed by atoms with Crippen molar-refractivity contribution in [3.05, 3.63) is 66.2 Å². The van der Waals surface area contributed by atoms with Crippen LogP contribution < -0.4 is 14.8 Å². The molecule has 0 aliphatic carbocycles. The predicted octanol–water partition coefficient (Wildman–Crippen LogP) is 2.60. The fourth-order valence-electron chi connectivity index (χ4n) is 2.75. The number of ether oxygens (including phenoxy) is 1. The van der Waals surface area contributed by atoms with Gasteiger partial charge in [-0.3, -0.25) is 9.52 Å². The van der Waals surface area contributed by atoms with Crippen LogP contribution in [0.25, 0.3) is 0 Å². The van der Waals surface area contributed by atoms with Crippen LogP contribution in [0.3, 0.4) is 0 Å². The molecule has 0 aliphatic rings. The summed E-state index contributed by atoms with van der Waals surface area (Å²) in [5.41, 5.74) is 0.751. The number of nitrogens with one attached hydrogen (secondary N) is 2. The number of rotatable bonds is 8. The van der Waals surface area contributed by atoms with E-state index >= 15 is 0 Å².